The van der Waals surface area contributed by atoms with Gasteiger partial charge in [0.25, 0.3) is 5.19 Å². The first-order chi connectivity index (χ1) is 16.6. The zero-order valence-electron chi connectivity index (χ0n) is 19.5. The first-order valence-corrected chi connectivity index (χ1v) is 11.9. The van der Waals surface area contributed by atoms with Crippen molar-refractivity contribution in [3.05, 3.63) is 35.9 Å². The summed E-state index contributed by atoms with van der Waals surface area (Å²) in [6.07, 6.45) is 17.7. The number of imidazole rings is 1. The number of fused-ring (bicyclic) bond motifs is 1. The van der Waals surface area contributed by atoms with Crippen molar-refractivity contribution in [2.24, 2.45) is 0 Å². The van der Waals surface area contributed by atoms with Crippen molar-refractivity contribution in [1.82, 2.24) is 35.5 Å². The van der Waals surface area contributed by atoms with E-state index in [-0.39, 0.29) is 6.10 Å². The van der Waals surface area contributed by atoms with Gasteiger partial charge in [-0.25, -0.2) is 4.98 Å². The van der Waals surface area contributed by atoms with Gasteiger partial charge in [0, 0.05) is 23.5 Å². The minimum absolute atomic E-state index is 0.214. The number of rotatable bonds is 6. The van der Waals surface area contributed by atoms with Gasteiger partial charge < -0.3 is 20.4 Å². The van der Waals surface area contributed by atoms with E-state index < -0.39 is 0 Å². The number of nitrogens with one attached hydrogen (secondary N) is 4. The van der Waals surface area contributed by atoms with Crippen LogP contribution in [0.15, 0.2) is 30.4 Å². The molecule has 1 fully saturated rings. The van der Waals surface area contributed by atoms with E-state index in [9.17, 15) is 0 Å². The zero-order valence-corrected chi connectivity index (χ0v) is 20.3. The number of pyridine rings is 1. The average Bonchev–Trinajstić information content (AvgIpc) is 3.57. The minimum atomic E-state index is 0.214. The quantitative estimate of drug-likeness (QED) is 0.303. The molecular formula is C24H28N8OS. The van der Waals surface area contributed by atoms with Gasteiger partial charge in [0.1, 0.15) is 11.8 Å². The fourth-order valence-corrected chi connectivity index (χ4v) is 4.59. The summed E-state index contributed by atoms with van der Waals surface area (Å²) in [6, 6.07) is 0. The molecule has 176 valence electrons. The van der Waals surface area contributed by atoms with Crippen molar-refractivity contribution in [1.29, 1.82) is 0 Å². The Hall–Kier alpha value is -3.68. The van der Waals surface area contributed by atoms with Crippen LogP contribution in [0.3, 0.4) is 0 Å². The number of piperidine rings is 1. The van der Waals surface area contributed by atoms with Crippen LogP contribution in [0.2, 0.25) is 0 Å². The molecule has 1 aliphatic heterocycles. The summed E-state index contributed by atoms with van der Waals surface area (Å²) in [5, 5.41) is 14.4. The topological polar surface area (TPSA) is 116 Å². The largest absolute Gasteiger partial charge is 0.467 e. The van der Waals surface area contributed by atoms with Gasteiger partial charge >= 0.3 is 0 Å². The first-order valence-electron chi connectivity index (χ1n) is 11.0. The number of hydrogen-bond donors (Lipinski definition) is 4. The molecule has 0 spiro atoms. The van der Waals surface area contributed by atoms with E-state index in [1.54, 1.807) is 6.20 Å². The van der Waals surface area contributed by atoms with Crippen molar-refractivity contribution >= 4 is 27.5 Å². The SMILES string of the molecule is C#C.CC(C)=CNc1c(-c2nc3sc(OC4CCNCC4)nc3[nH]2)ncc(-c2cn[nH]c2)c1C. The molecule has 4 aromatic heterocycles. The third kappa shape index (κ3) is 4.95. The summed E-state index contributed by atoms with van der Waals surface area (Å²) in [5.41, 5.74) is 6.60. The van der Waals surface area contributed by atoms with Crippen molar-refractivity contribution in [2.45, 2.75) is 39.7 Å². The Kier molecular flexibility index (Phi) is 7.25. The second-order valence-corrected chi connectivity index (χ2v) is 9.10. The second kappa shape index (κ2) is 10.5. The summed E-state index contributed by atoms with van der Waals surface area (Å²) in [4.78, 5) is 18.3. The Morgan fingerprint density at radius 1 is 1.21 bits per heavy atom. The molecule has 0 aliphatic carbocycles. The Labute approximate surface area is 202 Å². The number of nitrogens with zero attached hydrogens (tertiary/aromatic N) is 4. The summed E-state index contributed by atoms with van der Waals surface area (Å²) in [7, 11) is 0. The van der Waals surface area contributed by atoms with Crippen molar-refractivity contribution in [2.75, 3.05) is 18.4 Å². The van der Waals surface area contributed by atoms with Crippen LogP contribution < -0.4 is 15.4 Å². The highest BCUT2D eigenvalue weighted by Gasteiger charge is 2.21. The molecule has 1 saturated heterocycles. The predicted octanol–water partition coefficient (Wildman–Crippen LogP) is 4.50. The Balaban J connectivity index is 0.00000133. The summed E-state index contributed by atoms with van der Waals surface area (Å²) < 4.78 is 6.07. The molecule has 0 aromatic carbocycles. The molecule has 9 nitrogen and oxygen atoms in total. The molecule has 0 bridgehead atoms. The predicted molar refractivity (Wildman–Crippen MR) is 137 cm³/mol. The van der Waals surface area contributed by atoms with Gasteiger partial charge in [0.2, 0.25) is 0 Å². The van der Waals surface area contributed by atoms with Crippen LogP contribution in [0.25, 0.3) is 33.1 Å². The number of anilines is 1. The molecule has 10 heteroatoms. The number of terminal acetylenes is 1. The fraction of sp³-hybridized carbons (Fsp3) is 0.333. The van der Waals surface area contributed by atoms with Crippen LogP contribution in [-0.4, -0.2) is 49.3 Å². The van der Waals surface area contributed by atoms with E-state index in [4.69, 9.17) is 14.7 Å². The lowest BCUT2D eigenvalue weighted by Crippen LogP contribution is -2.34. The van der Waals surface area contributed by atoms with E-state index in [0.29, 0.717) is 11.0 Å². The lowest BCUT2D eigenvalue weighted by molar-refractivity contribution is 0.162. The standard InChI is InChI=1S/C22H26N8OS.C2H2/c1-12(2)8-24-17-13(3)16(14-9-26-27-10-14)11-25-18(17)19-28-20-21(29-19)32-22(30-20)31-15-4-6-23-7-5-15;1-2/h8-11,15,23-24H,4-7H2,1-3H3,(H,26,27)(H,28,29);1-2H. The molecule has 5 heterocycles. The van der Waals surface area contributed by atoms with Crippen molar-refractivity contribution in [3.8, 4) is 40.7 Å². The lowest BCUT2D eigenvalue weighted by atomic mass is 10.0. The smallest absolute Gasteiger partial charge is 0.277 e. The summed E-state index contributed by atoms with van der Waals surface area (Å²) in [6.45, 7) is 8.14. The molecule has 4 N–H and O–H groups in total. The molecule has 0 radical (unpaired) electrons. The van der Waals surface area contributed by atoms with Gasteiger partial charge in [-0.1, -0.05) is 16.9 Å². The highest BCUT2D eigenvalue weighted by molar-refractivity contribution is 7.19. The number of hydrogen-bond acceptors (Lipinski definition) is 8. The highest BCUT2D eigenvalue weighted by Crippen LogP contribution is 2.36. The maximum atomic E-state index is 6.07. The van der Waals surface area contributed by atoms with E-state index >= 15 is 0 Å². The van der Waals surface area contributed by atoms with Gasteiger partial charge in [0.15, 0.2) is 16.3 Å². The molecule has 34 heavy (non-hydrogen) atoms. The van der Waals surface area contributed by atoms with Gasteiger partial charge in [-0.2, -0.15) is 10.1 Å². The molecule has 0 atom stereocenters. The molecular weight excluding hydrogens is 448 g/mol. The Morgan fingerprint density at radius 2 is 2.00 bits per heavy atom. The molecule has 0 amide bonds. The number of H-pyrrole nitrogens is 2. The number of thiazole rings is 1. The minimum Gasteiger partial charge on any atom is -0.467 e. The van der Waals surface area contributed by atoms with Crippen LogP contribution in [0.1, 0.15) is 32.3 Å². The number of aromatic nitrogens is 6. The average molecular weight is 477 g/mol. The highest BCUT2D eigenvalue weighted by atomic mass is 32.1. The van der Waals surface area contributed by atoms with E-state index in [0.717, 1.165) is 70.1 Å². The lowest BCUT2D eigenvalue weighted by Gasteiger charge is -2.22. The van der Waals surface area contributed by atoms with Gasteiger partial charge in [0.05, 0.1) is 11.9 Å². The number of ether oxygens (including phenoxy) is 1. The monoisotopic (exact) mass is 476 g/mol. The maximum absolute atomic E-state index is 6.07. The van der Waals surface area contributed by atoms with Crippen LogP contribution in [-0.2, 0) is 0 Å². The summed E-state index contributed by atoms with van der Waals surface area (Å²) in [5.74, 6) is 0.679. The number of aromatic amines is 2. The van der Waals surface area contributed by atoms with Crippen molar-refractivity contribution in [3.63, 3.8) is 0 Å². The zero-order chi connectivity index (χ0) is 24.1. The van der Waals surface area contributed by atoms with Crippen LogP contribution >= 0.6 is 11.3 Å². The molecule has 5 rings (SSSR count). The number of allylic oxidation sites excluding steroid dienone is 1. The van der Waals surface area contributed by atoms with Gasteiger partial charge in [-0.3, -0.25) is 10.1 Å². The van der Waals surface area contributed by atoms with Gasteiger partial charge in [-0.15, -0.1) is 12.8 Å². The summed E-state index contributed by atoms with van der Waals surface area (Å²) >= 11 is 1.47. The van der Waals surface area contributed by atoms with Gasteiger partial charge in [-0.05, 0) is 58.5 Å². The third-order valence-electron chi connectivity index (χ3n) is 5.47. The molecule has 1 aliphatic rings. The Bertz CT molecular complexity index is 1260. The van der Waals surface area contributed by atoms with Crippen LogP contribution in [0.5, 0.6) is 5.19 Å². The third-order valence-corrected chi connectivity index (χ3v) is 6.31. The molecule has 0 unspecified atom stereocenters. The Morgan fingerprint density at radius 3 is 2.68 bits per heavy atom. The van der Waals surface area contributed by atoms with E-state index in [2.05, 4.69) is 50.6 Å². The maximum Gasteiger partial charge on any atom is 0.277 e. The fourth-order valence-electron chi connectivity index (χ4n) is 3.77. The van der Waals surface area contributed by atoms with E-state index in [1.165, 1.54) is 11.3 Å². The van der Waals surface area contributed by atoms with E-state index in [1.807, 2.05) is 32.4 Å². The molecule has 0 saturated carbocycles. The molecule has 4 aromatic rings. The first kappa shape index (κ1) is 23.5. The second-order valence-electron chi connectivity index (χ2n) is 8.16. The van der Waals surface area contributed by atoms with Crippen LogP contribution in [0, 0.1) is 19.8 Å². The normalized spacial score (nSPS) is 13.8. The van der Waals surface area contributed by atoms with Crippen molar-refractivity contribution < 1.29 is 4.74 Å². The van der Waals surface area contributed by atoms with Crippen LogP contribution in [0.4, 0.5) is 5.69 Å².